The first kappa shape index (κ1) is 9.43. The lowest BCUT2D eigenvalue weighted by Gasteiger charge is -2.29. The Hall–Kier alpha value is -0.130. The molecule has 1 aromatic rings. The Morgan fingerprint density at radius 2 is 2.31 bits per heavy atom. The standard InChI is InChI=1S/C10H12INO/c1-12-5-7-3-2-4-8(11)10(7)9(13)6-12/h2-4,9,13H,5-6H2,1H3/t9-/m1/s1. The normalized spacial score (nSPS) is 22.8. The van der Waals surface area contributed by atoms with E-state index in [1.54, 1.807) is 0 Å². The summed E-state index contributed by atoms with van der Waals surface area (Å²) < 4.78 is 1.18. The molecule has 0 unspecified atom stereocenters. The highest BCUT2D eigenvalue weighted by molar-refractivity contribution is 14.1. The maximum atomic E-state index is 9.87. The van der Waals surface area contributed by atoms with Crippen LogP contribution in [-0.4, -0.2) is 23.6 Å². The van der Waals surface area contributed by atoms with Gasteiger partial charge in [0.2, 0.25) is 0 Å². The summed E-state index contributed by atoms with van der Waals surface area (Å²) >= 11 is 2.29. The third kappa shape index (κ3) is 1.73. The number of aliphatic hydroxyl groups excluding tert-OH is 1. The van der Waals surface area contributed by atoms with E-state index in [2.05, 4.69) is 33.6 Å². The molecule has 1 atom stereocenters. The number of rotatable bonds is 0. The van der Waals surface area contributed by atoms with E-state index in [9.17, 15) is 5.11 Å². The van der Waals surface area contributed by atoms with Gasteiger partial charge in [-0.1, -0.05) is 12.1 Å². The van der Waals surface area contributed by atoms with Crippen LogP contribution in [0, 0.1) is 3.57 Å². The first-order valence-electron chi connectivity index (χ1n) is 4.32. The van der Waals surface area contributed by atoms with Crippen molar-refractivity contribution in [3.63, 3.8) is 0 Å². The average Bonchev–Trinajstić information content (AvgIpc) is 2.02. The zero-order valence-corrected chi connectivity index (χ0v) is 9.65. The predicted molar refractivity (Wildman–Crippen MR) is 60.5 cm³/mol. The van der Waals surface area contributed by atoms with Gasteiger partial charge in [-0.2, -0.15) is 0 Å². The monoisotopic (exact) mass is 289 g/mol. The van der Waals surface area contributed by atoms with Crippen LogP contribution >= 0.6 is 22.6 Å². The molecule has 2 nitrogen and oxygen atoms in total. The van der Waals surface area contributed by atoms with E-state index >= 15 is 0 Å². The molecule has 1 aliphatic heterocycles. The Morgan fingerprint density at radius 1 is 1.54 bits per heavy atom. The third-order valence-corrected chi connectivity index (χ3v) is 3.34. The number of β-amino-alcohol motifs (C(OH)–C–C–N with tert-alkyl or cyclic N) is 1. The largest absolute Gasteiger partial charge is 0.387 e. The van der Waals surface area contributed by atoms with Crippen molar-refractivity contribution in [1.82, 2.24) is 4.90 Å². The van der Waals surface area contributed by atoms with Gasteiger partial charge in [-0.05, 0) is 46.8 Å². The SMILES string of the molecule is CN1Cc2cccc(I)c2[C@H](O)C1. The lowest BCUT2D eigenvalue weighted by molar-refractivity contribution is 0.107. The van der Waals surface area contributed by atoms with E-state index in [4.69, 9.17) is 0 Å². The second kappa shape index (κ2) is 3.55. The molecule has 1 aliphatic rings. The summed E-state index contributed by atoms with van der Waals surface area (Å²) in [5.41, 5.74) is 2.38. The minimum Gasteiger partial charge on any atom is -0.387 e. The molecule has 3 heteroatoms. The van der Waals surface area contributed by atoms with E-state index in [0.29, 0.717) is 0 Å². The molecule has 0 radical (unpaired) electrons. The number of nitrogens with zero attached hydrogens (tertiary/aromatic N) is 1. The molecule has 0 saturated heterocycles. The first-order chi connectivity index (χ1) is 6.18. The van der Waals surface area contributed by atoms with Crippen molar-refractivity contribution in [2.24, 2.45) is 0 Å². The van der Waals surface area contributed by atoms with Crippen molar-refractivity contribution in [3.05, 3.63) is 32.9 Å². The summed E-state index contributed by atoms with van der Waals surface area (Å²) in [5, 5.41) is 9.87. The fourth-order valence-electron chi connectivity index (χ4n) is 1.83. The minimum atomic E-state index is -0.318. The number of aliphatic hydroxyl groups is 1. The Bertz CT molecular complexity index is 327. The van der Waals surface area contributed by atoms with Crippen LogP contribution in [0.25, 0.3) is 0 Å². The smallest absolute Gasteiger partial charge is 0.0930 e. The van der Waals surface area contributed by atoms with E-state index in [0.717, 1.165) is 18.7 Å². The summed E-state index contributed by atoms with van der Waals surface area (Å²) in [6.07, 6.45) is -0.318. The molecule has 2 rings (SSSR count). The maximum absolute atomic E-state index is 9.87. The highest BCUT2D eigenvalue weighted by Gasteiger charge is 2.22. The summed E-state index contributed by atoms with van der Waals surface area (Å²) in [6, 6.07) is 6.19. The van der Waals surface area contributed by atoms with Gasteiger partial charge in [0, 0.05) is 16.7 Å². The second-order valence-corrected chi connectivity index (χ2v) is 4.69. The number of likely N-dealkylation sites (N-methyl/N-ethyl adjacent to an activating group) is 1. The second-order valence-electron chi connectivity index (χ2n) is 3.53. The fourth-order valence-corrected chi connectivity index (χ4v) is 2.75. The lowest BCUT2D eigenvalue weighted by atomic mass is 9.98. The van der Waals surface area contributed by atoms with Crippen molar-refractivity contribution in [3.8, 4) is 0 Å². The highest BCUT2D eigenvalue weighted by Crippen LogP contribution is 2.29. The summed E-state index contributed by atoms with van der Waals surface area (Å²) in [6.45, 7) is 1.69. The summed E-state index contributed by atoms with van der Waals surface area (Å²) in [5.74, 6) is 0. The number of hydrogen-bond donors (Lipinski definition) is 1. The number of fused-ring (bicyclic) bond motifs is 1. The van der Waals surface area contributed by atoms with Gasteiger partial charge in [-0.3, -0.25) is 4.90 Å². The van der Waals surface area contributed by atoms with Crippen LogP contribution in [0.15, 0.2) is 18.2 Å². The van der Waals surface area contributed by atoms with Crippen LogP contribution in [0.3, 0.4) is 0 Å². The van der Waals surface area contributed by atoms with Crippen molar-refractivity contribution >= 4 is 22.6 Å². The van der Waals surface area contributed by atoms with Crippen LogP contribution < -0.4 is 0 Å². The van der Waals surface area contributed by atoms with Gasteiger partial charge < -0.3 is 5.11 Å². The van der Waals surface area contributed by atoms with Crippen molar-refractivity contribution in [2.75, 3.05) is 13.6 Å². The van der Waals surface area contributed by atoms with Gasteiger partial charge in [-0.25, -0.2) is 0 Å². The van der Waals surface area contributed by atoms with Gasteiger partial charge in [0.15, 0.2) is 0 Å². The number of halogens is 1. The van der Waals surface area contributed by atoms with E-state index < -0.39 is 0 Å². The van der Waals surface area contributed by atoms with Crippen LogP contribution in [0.4, 0.5) is 0 Å². The van der Waals surface area contributed by atoms with Gasteiger partial charge >= 0.3 is 0 Å². The molecule has 1 N–H and O–H groups in total. The molecule has 0 saturated carbocycles. The molecule has 0 bridgehead atoms. The zero-order valence-electron chi connectivity index (χ0n) is 7.50. The van der Waals surface area contributed by atoms with Crippen LogP contribution in [-0.2, 0) is 6.54 Å². The Labute approximate surface area is 91.7 Å². The lowest BCUT2D eigenvalue weighted by Crippen LogP contribution is -2.30. The third-order valence-electron chi connectivity index (χ3n) is 2.40. The van der Waals surface area contributed by atoms with E-state index in [1.807, 2.05) is 19.2 Å². The molecule has 70 valence electrons. The molecule has 0 amide bonds. The summed E-state index contributed by atoms with van der Waals surface area (Å²) in [7, 11) is 2.03. The van der Waals surface area contributed by atoms with Gasteiger partial charge in [-0.15, -0.1) is 0 Å². The zero-order chi connectivity index (χ0) is 9.42. The molecular weight excluding hydrogens is 277 g/mol. The molecule has 1 heterocycles. The Morgan fingerprint density at radius 3 is 3.08 bits per heavy atom. The van der Waals surface area contributed by atoms with Crippen LogP contribution in [0.1, 0.15) is 17.2 Å². The van der Waals surface area contributed by atoms with Crippen molar-refractivity contribution < 1.29 is 5.11 Å². The van der Waals surface area contributed by atoms with E-state index in [1.165, 1.54) is 9.13 Å². The van der Waals surface area contributed by atoms with Crippen molar-refractivity contribution in [1.29, 1.82) is 0 Å². The minimum absolute atomic E-state index is 0.318. The van der Waals surface area contributed by atoms with Gasteiger partial charge in [0.05, 0.1) is 6.10 Å². The topological polar surface area (TPSA) is 23.5 Å². The fraction of sp³-hybridized carbons (Fsp3) is 0.400. The summed E-state index contributed by atoms with van der Waals surface area (Å²) in [4.78, 5) is 2.14. The molecule has 13 heavy (non-hydrogen) atoms. The van der Waals surface area contributed by atoms with Gasteiger partial charge in [0.1, 0.15) is 0 Å². The Balaban J connectivity index is 2.49. The molecule has 0 aliphatic carbocycles. The average molecular weight is 289 g/mol. The van der Waals surface area contributed by atoms with Gasteiger partial charge in [0.25, 0.3) is 0 Å². The number of hydrogen-bond acceptors (Lipinski definition) is 2. The molecule has 1 aromatic carbocycles. The molecule has 0 spiro atoms. The maximum Gasteiger partial charge on any atom is 0.0930 e. The van der Waals surface area contributed by atoms with Crippen LogP contribution in [0.2, 0.25) is 0 Å². The van der Waals surface area contributed by atoms with Crippen LogP contribution in [0.5, 0.6) is 0 Å². The number of benzene rings is 1. The predicted octanol–water partition coefficient (Wildman–Crippen LogP) is 1.77. The molecule has 0 aromatic heterocycles. The molecule has 0 fully saturated rings. The highest BCUT2D eigenvalue weighted by atomic mass is 127. The quantitative estimate of drug-likeness (QED) is 0.736. The molecular formula is C10H12INO. The first-order valence-corrected chi connectivity index (χ1v) is 5.40. The Kier molecular flexibility index (Phi) is 2.58. The van der Waals surface area contributed by atoms with E-state index in [-0.39, 0.29) is 6.10 Å². The van der Waals surface area contributed by atoms with Crippen molar-refractivity contribution in [2.45, 2.75) is 12.6 Å².